The van der Waals surface area contributed by atoms with E-state index in [1.807, 2.05) is 0 Å². The summed E-state index contributed by atoms with van der Waals surface area (Å²) >= 11 is 12.3. The number of sulfonamides is 1. The molecule has 0 spiro atoms. The van der Waals surface area contributed by atoms with E-state index in [4.69, 9.17) is 23.2 Å². The third-order valence-corrected chi connectivity index (χ3v) is 7.36. The second kappa shape index (κ2) is 7.58. The van der Waals surface area contributed by atoms with Crippen molar-refractivity contribution < 1.29 is 17.6 Å². The summed E-state index contributed by atoms with van der Waals surface area (Å²) in [6.45, 7) is 1.52. The van der Waals surface area contributed by atoms with E-state index in [1.54, 1.807) is 25.1 Å². The van der Waals surface area contributed by atoms with E-state index >= 15 is 0 Å². The van der Waals surface area contributed by atoms with Gasteiger partial charge in [0.25, 0.3) is 10.0 Å². The van der Waals surface area contributed by atoms with Crippen molar-refractivity contribution in [2.45, 2.75) is 18.4 Å². The van der Waals surface area contributed by atoms with E-state index in [1.165, 1.54) is 47.4 Å². The summed E-state index contributed by atoms with van der Waals surface area (Å²) in [5, 5.41) is 0.455. The predicted octanol–water partition coefficient (Wildman–Crippen LogP) is 5.78. The summed E-state index contributed by atoms with van der Waals surface area (Å²) in [6, 6.07) is 13.9. The average molecular weight is 465 g/mol. The van der Waals surface area contributed by atoms with Gasteiger partial charge in [0, 0.05) is 15.6 Å². The molecule has 4 rings (SSSR count). The number of halogens is 3. The van der Waals surface area contributed by atoms with Gasteiger partial charge in [-0.2, -0.15) is 4.31 Å². The molecule has 3 aromatic carbocycles. The number of anilines is 2. The Bertz CT molecular complexity index is 1260. The van der Waals surface area contributed by atoms with Gasteiger partial charge in [0.2, 0.25) is 0 Å². The Kier molecular flexibility index (Phi) is 5.22. The summed E-state index contributed by atoms with van der Waals surface area (Å²) in [4.78, 5) is 14.5. The SMILES string of the molecule is Cc1ccc(N2C(=O)N(Cc3c(F)cccc3Cl)c3ccccc3S2(=O)=O)cc1Cl. The predicted molar refractivity (Wildman–Crippen MR) is 115 cm³/mol. The van der Waals surface area contributed by atoms with E-state index in [0.29, 0.717) is 9.33 Å². The summed E-state index contributed by atoms with van der Waals surface area (Å²) in [6.07, 6.45) is 0. The fourth-order valence-corrected chi connectivity index (χ4v) is 5.25. The summed E-state index contributed by atoms with van der Waals surface area (Å²) in [5.41, 5.74) is 1.06. The Labute approximate surface area is 183 Å². The van der Waals surface area contributed by atoms with Gasteiger partial charge in [-0.05, 0) is 48.9 Å². The number of carbonyl (C=O) groups is 1. The van der Waals surface area contributed by atoms with E-state index in [-0.39, 0.29) is 33.4 Å². The monoisotopic (exact) mass is 464 g/mol. The molecule has 1 aliphatic rings. The van der Waals surface area contributed by atoms with Crippen molar-refractivity contribution >= 4 is 50.6 Å². The van der Waals surface area contributed by atoms with Gasteiger partial charge in [0.1, 0.15) is 10.7 Å². The Morgan fingerprint density at radius 2 is 1.70 bits per heavy atom. The van der Waals surface area contributed by atoms with Crippen LogP contribution in [0.15, 0.2) is 65.6 Å². The molecule has 0 aliphatic carbocycles. The van der Waals surface area contributed by atoms with Crippen LogP contribution in [-0.4, -0.2) is 14.4 Å². The maximum absolute atomic E-state index is 14.4. The van der Waals surface area contributed by atoms with Gasteiger partial charge in [-0.25, -0.2) is 17.6 Å². The molecule has 2 amide bonds. The van der Waals surface area contributed by atoms with Crippen LogP contribution in [0.2, 0.25) is 10.0 Å². The highest BCUT2D eigenvalue weighted by Gasteiger charge is 2.42. The van der Waals surface area contributed by atoms with Gasteiger partial charge < -0.3 is 0 Å². The number of aryl methyl sites for hydroxylation is 1. The Morgan fingerprint density at radius 1 is 0.967 bits per heavy atom. The molecule has 3 aromatic rings. The topological polar surface area (TPSA) is 57.7 Å². The molecule has 0 bridgehead atoms. The number of hydrogen-bond donors (Lipinski definition) is 0. The standard InChI is InChI=1S/C21H15Cl2FN2O3S/c1-13-9-10-14(11-17(13)23)26-21(27)25(12-15-16(22)5-4-6-18(15)24)19-7-2-3-8-20(19)30(26,28)29/h2-11H,12H2,1H3. The number of hydrogen-bond acceptors (Lipinski definition) is 3. The highest BCUT2D eigenvalue weighted by atomic mass is 35.5. The minimum atomic E-state index is -4.20. The van der Waals surface area contributed by atoms with Crippen molar-refractivity contribution in [2.75, 3.05) is 9.21 Å². The smallest absolute Gasteiger partial charge is 0.287 e. The van der Waals surface area contributed by atoms with E-state index < -0.39 is 21.9 Å². The van der Waals surface area contributed by atoms with E-state index in [2.05, 4.69) is 0 Å². The van der Waals surface area contributed by atoms with Crippen molar-refractivity contribution in [1.29, 1.82) is 0 Å². The number of urea groups is 1. The third kappa shape index (κ3) is 3.33. The molecule has 0 saturated carbocycles. The van der Waals surface area contributed by atoms with Crippen LogP contribution in [0.1, 0.15) is 11.1 Å². The highest BCUT2D eigenvalue weighted by molar-refractivity contribution is 7.94. The molecule has 0 unspecified atom stereocenters. The zero-order valence-electron chi connectivity index (χ0n) is 15.6. The van der Waals surface area contributed by atoms with Crippen LogP contribution in [0.4, 0.5) is 20.6 Å². The molecule has 0 fully saturated rings. The van der Waals surface area contributed by atoms with Crippen LogP contribution in [0.3, 0.4) is 0 Å². The largest absolute Gasteiger partial charge is 0.343 e. The molecular weight excluding hydrogens is 450 g/mol. The lowest BCUT2D eigenvalue weighted by atomic mass is 10.1. The Morgan fingerprint density at radius 3 is 2.40 bits per heavy atom. The molecule has 0 N–H and O–H groups in total. The van der Waals surface area contributed by atoms with Gasteiger partial charge in [0.05, 0.1) is 17.9 Å². The summed E-state index contributed by atoms with van der Waals surface area (Å²) in [5.74, 6) is -0.592. The van der Waals surface area contributed by atoms with Gasteiger partial charge in [0.15, 0.2) is 0 Å². The third-order valence-electron chi connectivity index (χ3n) is 4.85. The quantitative estimate of drug-likeness (QED) is 0.493. The van der Waals surface area contributed by atoms with Crippen molar-refractivity contribution in [2.24, 2.45) is 0 Å². The molecule has 9 heteroatoms. The summed E-state index contributed by atoms with van der Waals surface area (Å²) < 4.78 is 41.6. The fraction of sp³-hybridized carbons (Fsp3) is 0.0952. The second-order valence-corrected chi connectivity index (χ2v) is 9.31. The lowest BCUT2D eigenvalue weighted by Crippen LogP contribution is -2.50. The zero-order valence-corrected chi connectivity index (χ0v) is 18.0. The minimum absolute atomic E-state index is 0.0752. The summed E-state index contributed by atoms with van der Waals surface area (Å²) in [7, 11) is -4.20. The molecule has 0 saturated heterocycles. The minimum Gasteiger partial charge on any atom is -0.287 e. The number of nitrogens with zero attached hydrogens (tertiary/aromatic N) is 2. The second-order valence-electron chi connectivity index (χ2n) is 6.74. The van der Waals surface area contributed by atoms with Crippen LogP contribution >= 0.6 is 23.2 Å². The molecule has 1 heterocycles. The molecule has 5 nitrogen and oxygen atoms in total. The Balaban J connectivity index is 1.90. The lowest BCUT2D eigenvalue weighted by molar-refractivity contribution is 0.253. The van der Waals surface area contributed by atoms with Crippen molar-refractivity contribution in [3.63, 3.8) is 0 Å². The molecule has 0 aromatic heterocycles. The van der Waals surface area contributed by atoms with Crippen molar-refractivity contribution in [3.8, 4) is 0 Å². The van der Waals surface area contributed by atoms with Gasteiger partial charge in [-0.15, -0.1) is 0 Å². The average Bonchev–Trinajstić information content (AvgIpc) is 2.70. The highest BCUT2D eigenvalue weighted by Crippen LogP contribution is 2.39. The first kappa shape index (κ1) is 20.7. The number of amides is 2. The number of para-hydroxylation sites is 1. The van der Waals surface area contributed by atoms with Gasteiger partial charge in [-0.3, -0.25) is 4.90 Å². The molecule has 154 valence electrons. The van der Waals surface area contributed by atoms with Crippen LogP contribution in [0.5, 0.6) is 0 Å². The first-order valence-electron chi connectivity index (χ1n) is 8.86. The normalized spacial score (nSPS) is 15.3. The zero-order chi connectivity index (χ0) is 21.6. The van der Waals surface area contributed by atoms with Crippen LogP contribution in [0.25, 0.3) is 0 Å². The first-order chi connectivity index (χ1) is 14.2. The first-order valence-corrected chi connectivity index (χ1v) is 11.1. The number of fused-ring (bicyclic) bond motifs is 1. The van der Waals surface area contributed by atoms with Gasteiger partial charge in [-0.1, -0.05) is 47.5 Å². The van der Waals surface area contributed by atoms with Gasteiger partial charge >= 0.3 is 6.03 Å². The lowest BCUT2D eigenvalue weighted by Gasteiger charge is -2.36. The van der Waals surface area contributed by atoms with Crippen LogP contribution in [-0.2, 0) is 16.6 Å². The molecule has 0 radical (unpaired) electrons. The number of carbonyl (C=O) groups excluding carboxylic acids is 1. The maximum Gasteiger partial charge on any atom is 0.343 e. The van der Waals surface area contributed by atoms with E-state index in [0.717, 1.165) is 5.56 Å². The number of benzene rings is 3. The fourth-order valence-electron chi connectivity index (χ4n) is 3.26. The Hall–Kier alpha value is -2.61. The van der Waals surface area contributed by atoms with Crippen LogP contribution in [0, 0.1) is 12.7 Å². The number of rotatable bonds is 3. The molecule has 30 heavy (non-hydrogen) atoms. The molecule has 1 aliphatic heterocycles. The van der Waals surface area contributed by atoms with Crippen LogP contribution < -0.4 is 9.21 Å². The maximum atomic E-state index is 14.4. The van der Waals surface area contributed by atoms with Crippen molar-refractivity contribution in [3.05, 3.63) is 87.7 Å². The molecule has 0 atom stereocenters. The van der Waals surface area contributed by atoms with E-state index in [9.17, 15) is 17.6 Å². The molecular formula is C21H15Cl2FN2O3S. The van der Waals surface area contributed by atoms with Crippen molar-refractivity contribution in [1.82, 2.24) is 0 Å².